The Bertz CT molecular complexity index is 40.7. The minimum atomic E-state index is -1.06. The average Bonchev–Trinajstić information content (AvgIpc) is 1.61. The molecule has 0 aromatic carbocycles. The van der Waals surface area contributed by atoms with Gasteiger partial charge >= 0.3 is 48.4 Å². The number of hydrogen-bond acceptors (Lipinski definition) is 1. The Kier molecular flexibility index (Phi) is 15.4. The standard InChI is InChI=1S/C4H9.ClH.O.Sn/c1-3-4-2;;;/h1,3-4H2,2H3;1H;;. The maximum absolute atomic E-state index is 9.86. The average molecular weight is 228 g/mol. The molecule has 1 radical (unpaired) electrons. The van der Waals surface area contributed by atoms with Crippen molar-refractivity contribution >= 4 is 33.5 Å². The molecule has 0 unspecified atom stereocenters. The predicted octanol–water partition coefficient (Wildman–Crippen LogP) is 1.68. The van der Waals surface area contributed by atoms with Crippen LogP contribution in [0.4, 0.5) is 0 Å². The summed E-state index contributed by atoms with van der Waals surface area (Å²) in [6.45, 7) is 2.12. The van der Waals surface area contributed by atoms with Gasteiger partial charge in [-0.25, -0.2) is 0 Å². The predicted molar refractivity (Wildman–Crippen MR) is 33.4 cm³/mol. The SMILES string of the molecule is CCC[CH2][Sn]=[O].Cl. The van der Waals surface area contributed by atoms with Gasteiger partial charge in [0, 0.05) is 0 Å². The maximum Gasteiger partial charge on any atom is -0.147 e. The van der Waals surface area contributed by atoms with Crippen LogP contribution in [0.3, 0.4) is 0 Å². The Morgan fingerprint density at radius 2 is 2.14 bits per heavy atom. The van der Waals surface area contributed by atoms with Gasteiger partial charge in [0.25, 0.3) is 0 Å². The molecule has 0 aliphatic rings. The molecule has 0 rings (SSSR count). The molecule has 0 aromatic heterocycles. The van der Waals surface area contributed by atoms with E-state index in [1.54, 1.807) is 0 Å². The molecule has 0 heterocycles. The summed E-state index contributed by atoms with van der Waals surface area (Å²) in [4.78, 5) is 0. The van der Waals surface area contributed by atoms with Crippen LogP contribution in [0.25, 0.3) is 0 Å². The van der Waals surface area contributed by atoms with Crippen molar-refractivity contribution in [1.82, 2.24) is 0 Å². The second-order valence-electron chi connectivity index (χ2n) is 1.25. The smallest absolute Gasteiger partial charge is 0.147 e. The van der Waals surface area contributed by atoms with E-state index in [4.69, 9.17) is 0 Å². The van der Waals surface area contributed by atoms with E-state index in [1.807, 2.05) is 0 Å². The molecule has 0 atom stereocenters. The van der Waals surface area contributed by atoms with Gasteiger partial charge in [0.1, 0.15) is 0 Å². The van der Waals surface area contributed by atoms with E-state index in [0.717, 1.165) is 4.44 Å². The minimum Gasteiger partial charge on any atom is -0.147 e. The van der Waals surface area contributed by atoms with Crippen LogP contribution in [0.1, 0.15) is 19.8 Å². The van der Waals surface area contributed by atoms with Gasteiger partial charge in [-0.05, 0) is 0 Å². The van der Waals surface area contributed by atoms with E-state index in [0.29, 0.717) is 0 Å². The molecule has 0 fully saturated rings. The fourth-order valence-electron chi connectivity index (χ4n) is 0.249. The fraction of sp³-hybridized carbons (Fsp3) is 1.00. The molecule has 43 valence electrons. The summed E-state index contributed by atoms with van der Waals surface area (Å²) >= 11 is -1.06. The van der Waals surface area contributed by atoms with Crippen LogP contribution in [-0.2, 0) is 3.08 Å². The van der Waals surface area contributed by atoms with E-state index < -0.39 is 21.1 Å². The van der Waals surface area contributed by atoms with Gasteiger partial charge in [-0.1, -0.05) is 0 Å². The molecule has 0 saturated heterocycles. The fourth-order valence-corrected chi connectivity index (χ4v) is 1.67. The van der Waals surface area contributed by atoms with Gasteiger partial charge in [-0.15, -0.1) is 12.4 Å². The zero-order valence-electron chi connectivity index (χ0n) is 4.44. The Balaban J connectivity index is 0. The molecule has 0 aliphatic carbocycles. The first kappa shape index (κ1) is 10.8. The zero-order valence-corrected chi connectivity index (χ0v) is 8.11. The van der Waals surface area contributed by atoms with Crippen LogP contribution in [0.15, 0.2) is 0 Å². The largest absolute Gasteiger partial charge is 0.147 e. The Hall–Kier alpha value is 0.889. The maximum atomic E-state index is 9.86. The van der Waals surface area contributed by atoms with E-state index >= 15 is 0 Å². The Morgan fingerprint density at radius 3 is 2.29 bits per heavy atom. The molecular weight excluding hydrogens is 218 g/mol. The third-order valence-corrected chi connectivity index (χ3v) is 2.22. The Morgan fingerprint density at radius 1 is 1.57 bits per heavy atom. The first-order chi connectivity index (χ1) is 2.91. The molecule has 0 aliphatic heterocycles. The molecular formula is C4H10ClOSn. The number of halogens is 1. The summed E-state index contributed by atoms with van der Waals surface area (Å²) in [7, 11) is 0. The molecule has 3 heteroatoms. The zero-order chi connectivity index (χ0) is 4.83. The van der Waals surface area contributed by atoms with E-state index in [1.165, 1.54) is 12.8 Å². The molecule has 0 aromatic rings. The van der Waals surface area contributed by atoms with Crippen LogP contribution in [0.5, 0.6) is 0 Å². The summed E-state index contributed by atoms with van der Waals surface area (Å²) in [5.41, 5.74) is 0. The van der Waals surface area contributed by atoms with E-state index in [2.05, 4.69) is 6.92 Å². The second-order valence-corrected chi connectivity index (χ2v) is 3.50. The number of hydrogen-bond donors (Lipinski definition) is 0. The van der Waals surface area contributed by atoms with Crippen LogP contribution >= 0.6 is 12.4 Å². The van der Waals surface area contributed by atoms with Gasteiger partial charge in [-0.3, -0.25) is 0 Å². The Labute approximate surface area is 60.9 Å². The number of unbranched alkanes of at least 4 members (excludes halogenated alkanes) is 1. The topological polar surface area (TPSA) is 17.1 Å². The minimum absolute atomic E-state index is 0. The summed E-state index contributed by atoms with van der Waals surface area (Å²) in [6.07, 6.45) is 2.37. The normalized spacial score (nSPS) is 7.00. The first-order valence-corrected chi connectivity index (χ1v) is 5.45. The van der Waals surface area contributed by atoms with Gasteiger partial charge < -0.3 is 0 Å². The van der Waals surface area contributed by atoms with Crippen molar-refractivity contribution in [2.24, 2.45) is 0 Å². The van der Waals surface area contributed by atoms with Crippen LogP contribution < -0.4 is 0 Å². The van der Waals surface area contributed by atoms with Gasteiger partial charge in [-0.2, -0.15) is 0 Å². The molecule has 1 nitrogen and oxygen atoms in total. The quantitative estimate of drug-likeness (QED) is 0.530. The van der Waals surface area contributed by atoms with Crippen molar-refractivity contribution in [3.8, 4) is 0 Å². The monoisotopic (exact) mass is 229 g/mol. The molecule has 0 spiro atoms. The van der Waals surface area contributed by atoms with E-state index in [-0.39, 0.29) is 12.4 Å². The third-order valence-electron chi connectivity index (χ3n) is 0.632. The van der Waals surface area contributed by atoms with Crippen molar-refractivity contribution in [3.63, 3.8) is 0 Å². The molecule has 0 amide bonds. The summed E-state index contributed by atoms with van der Waals surface area (Å²) in [5, 5.41) is 0. The van der Waals surface area contributed by atoms with Crippen molar-refractivity contribution in [2.45, 2.75) is 24.2 Å². The summed E-state index contributed by atoms with van der Waals surface area (Å²) in [6, 6.07) is 0. The van der Waals surface area contributed by atoms with Crippen LogP contribution in [-0.4, -0.2) is 21.1 Å². The van der Waals surface area contributed by atoms with Crippen LogP contribution in [0, 0.1) is 0 Å². The molecule has 0 N–H and O–H groups in total. The van der Waals surface area contributed by atoms with Crippen molar-refractivity contribution < 1.29 is 3.08 Å². The molecule has 0 saturated carbocycles. The van der Waals surface area contributed by atoms with Crippen LogP contribution in [0.2, 0.25) is 4.44 Å². The molecule has 7 heavy (non-hydrogen) atoms. The first-order valence-electron chi connectivity index (χ1n) is 2.26. The van der Waals surface area contributed by atoms with Gasteiger partial charge in [0.15, 0.2) is 0 Å². The van der Waals surface area contributed by atoms with Crippen molar-refractivity contribution in [1.29, 1.82) is 0 Å². The third kappa shape index (κ3) is 10.9. The second kappa shape index (κ2) is 10.00. The molecule has 0 bridgehead atoms. The van der Waals surface area contributed by atoms with Crippen molar-refractivity contribution in [2.75, 3.05) is 0 Å². The summed E-state index contributed by atoms with van der Waals surface area (Å²) in [5.74, 6) is 0. The summed E-state index contributed by atoms with van der Waals surface area (Å²) < 4.78 is 10.9. The van der Waals surface area contributed by atoms with E-state index in [9.17, 15) is 3.08 Å². The van der Waals surface area contributed by atoms with Gasteiger partial charge in [0.05, 0.1) is 0 Å². The number of rotatable bonds is 3. The van der Waals surface area contributed by atoms with Crippen molar-refractivity contribution in [3.05, 3.63) is 0 Å². The van der Waals surface area contributed by atoms with Gasteiger partial charge in [0.2, 0.25) is 0 Å².